The smallest absolute Gasteiger partial charge is 0.303 e. The van der Waals surface area contributed by atoms with E-state index in [0.717, 1.165) is 27.7 Å². The molecule has 0 unspecified atom stereocenters. The van der Waals surface area contributed by atoms with Crippen LogP contribution in [0.1, 0.15) is 12.0 Å². The van der Waals surface area contributed by atoms with Gasteiger partial charge >= 0.3 is 5.97 Å². The maximum Gasteiger partial charge on any atom is 0.303 e. The lowest BCUT2D eigenvalue weighted by molar-refractivity contribution is -0.136. The summed E-state index contributed by atoms with van der Waals surface area (Å²) in [6, 6.07) is 13.3. The molecule has 0 saturated heterocycles. The highest BCUT2D eigenvalue weighted by atomic mass is 35.5. The van der Waals surface area contributed by atoms with E-state index in [2.05, 4.69) is 4.57 Å². The molecule has 3 nitrogen and oxygen atoms in total. The summed E-state index contributed by atoms with van der Waals surface area (Å²) in [7, 11) is 1.98. The van der Waals surface area contributed by atoms with Gasteiger partial charge in [-0.3, -0.25) is 4.79 Å². The van der Waals surface area contributed by atoms with E-state index in [0.29, 0.717) is 16.5 Å². The van der Waals surface area contributed by atoms with Crippen molar-refractivity contribution in [2.75, 3.05) is 0 Å². The molecule has 0 saturated carbocycles. The quantitative estimate of drug-likeness (QED) is 0.707. The molecule has 1 aromatic heterocycles. The first-order valence-corrected chi connectivity index (χ1v) is 7.97. The molecular formula is C18H15Cl2NO2. The van der Waals surface area contributed by atoms with Gasteiger partial charge in [0.25, 0.3) is 0 Å². The Labute approximate surface area is 144 Å². The zero-order valence-electron chi connectivity index (χ0n) is 12.5. The molecule has 5 heteroatoms. The van der Waals surface area contributed by atoms with Gasteiger partial charge in [-0.15, -0.1) is 0 Å². The fraction of sp³-hybridized carbons (Fsp3) is 0.167. The van der Waals surface area contributed by atoms with Crippen molar-refractivity contribution in [1.29, 1.82) is 0 Å². The van der Waals surface area contributed by atoms with Crippen molar-refractivity contribution in [2.24, 2.45) is 7.05 Å². The van der Waals surface area contributed by atoms with Gasteiger partial charge in [0.2, 0.25) is 0 Å². The first-order chi connectivity index (χ1) is 11.0. The minimum Gasteiger partial charge on any atom is -0.481 e. The second-order valence-corrected chi connectivity index (χ2v) is 6.32. The summed E-state index contributed by atoms with van der Waals surface area (Å²) in [5.74, 6) is -0.814. The molecule has 0 spiro atoms. The number of hydrogen-bond donors (Lipinski definition) is 1. The van der Waals surface area contributed by atoms with Crippen molar-refractivity contribution in [3.8, 4) is 11.3 Å². The maximum atomic E-state index is 11.0. The van der Waals surface area contributed by atoms with Crippen LogP contribution in [0.3, 0.4) is 0 Å². The third-order valence-corrected chi connectivity index (χ3v) is 4.46. The van der Waals surface area contributed by atoms with Crippen LogP contribution in [0.15, 0.2) is 42.5 Å². The Morgan fingerprint density at radius 2 is 1.74 bits per heavy atom. The van der Waals surface area contributed by atoms with Crippen LogP contribution >= 0.6 is 23.2 Å². The molecule has 0 bridgehead atoms. The summed E-state index contributed by atoms with van der Waals surface area (Å²) in [5.41, 5.74) is 4.03. The van der Waals surface area contributed by atoms with E-state index in [1.54, 1.807) is 0 Å². The monoisotopic (exact) mass is 347 g/mol. The molecule has 3 rings (SSSR count). The summed E-state index contributed by atoms with van der Waals surface area (Å²) < 4.78 is 2.08. The highest BCUT2D eigenvalue weighted by Gasteiger charge is 2.17. The van der Waals surface area contributed by atoms with Crippen molar-refractivity contribution in [3.63, 3.8) is 0 Å². The van der Waals surface area contributed by atoms with Crippen LogP contribution in [-0.2, 0) is 18.3 Å². The maximum absolute atomic E-state index is 11.0. The van der Waals surface area contributed by atoms with E-state index in [-0.39, 0.29) is 6.42 Å². The lowest BCUT2D eigenvalue weighted by Crippen LogP contribution is -1.99. The summed E-state index contributed by atoms with van der Waals surface area (Å²) in [5, 5.41) is 11.4. The summed E-state index contributed by atoms with van der Waals surface area (Å²) >= 11 is 12.1. The number of aryl methyl sites for hydroxylation is 2. The van der Waals surface area contributed by atoms with E-state index >= 15 is 0 Å². The number of aliphatic carboxylic acids is 1. The van der Waals surface area contributed by atoms with Crippen LogP contribution in [0.2, 0.25) is 10.0 Å². The topological polar surface area (TPSA) is 42.2 Å². The third-order valence-electron chi connectivity index (χ3n) is 3.97. The normalized spacial score (nSPS) is 11.1. The predicted octanol–water partition coefficient (Wildman–Crippen LogP) is 5.17. The Kier molecular flexibility index (Phi) is 4.33. The molecule has 23 heavy (non-hydrogen) atoms. The molecule has 2 aromatic carbocycles. The molecule has 0 aliphatic heterocycles. The van der Waals surface area contributed by atoms with E-state index in [1.165, 1.54) is 0 Å². The number of halogens is 2. The standard InChI is InChI=1S/C18H15Cl2NO2/c1-21-16-8-6-13(20)10-15(16)14(7-9-17(22)23)18(21)11-2-4-12(19)5-3-11/h2-6,8,10H,7,9H2,1H3,(H,22,23). The Bertz CT molecular complexity index is 882. The number of rotatable bonds is 4. The molecule has 1 N–H and O–H groups in total. The van der Waals surface area contributed by atoms with Gasteiger partial charge in [-0.25, -0.2) is 0 Å². The minimum atomic E-state index is -0.814. The highest BCUT2D eigenvalue weighted by molar-refractivity contribution is 6.31. The fourth-order valence-electron chi connectivity index (χ4n) is 2.95. The number of carboxylic acid groups (broad SMARTS) is 1. The van der Waals surface area contributed by atoms with Crippen molar-refractivity contribution in [1.82, 2.24) is 4.57 Å². The summed E-state index contributed by atoms with van der Waals surface area (Å²) in [6.45, 7) is 0. The van der Waals surface area contributed by atoms with E-state index in [4.69, 9.17) is 28.3 Å². The number of carbonyl (C=O) groups is 1. The number of fused-ring (bicyclic) bond motifs is 1. The van der Waals surface area contributed by atoms with Crippen LogP contribution in [0, 0.1) is 0 Å². The van der Waals surface area contributed by atoms with Crippen LogP contribution in [0.4, 0.5) is 0 Å². The number of aromatic nitrogens is 1. The SMILES string of the molecule is Cn1c(-c2ccc(Cl)cc2)c(CCC(=O)O)c2cc(Cl)ccc21. The van der Waals surface area contributed by atoms with Crippen LogP contribution in [0.25, 0.3) is 22.2 Å². The number of benzene rings is 2. The average molecular weight is 348 g/mol. The van der Waals surface area contributed by atoms with Gasteiger partial charge in [0.1, 0.15) is 0 Å². The zero-order valence-corrected chi connectivity index (χ0v) is 14.0. The van der Waals surface area contributed by atoms with Crippen LogP contribution in [0.5, 0.6) is 0 Å². The van der Waals surface area contributed by atoms with Crippen LogP contribution in [-0.4, -0.2) is 15.6 Å². The van der Waals surface area contributed by atoms with Crippen molar-refractivity contribution >= 4 is 40.1 Å². The van der Waals surface area contributed by atoms with Crippen LogP contribution < -0.4 is 0 Å². The minimum absolute atomic E-state index is 0.0756. The van der Waals surface area contributed by atoms with Gasteiger partial charge in [0.05, 0.1) is 5.69 Å². The Hall–Kier alpha value is -1.97. The number of hydrogen-bond acceptors (Lipinski definition) is 1. The number of carboxylic acids is 1. The molecule has 0 aliphatic carbocycles. The molecule has 1 heterocycles. The summed E-state index contributed by atoms with van der Waals surface area (Å²) in [4.78, 5) is 11.0. The molecule has 3 aromatic rings. The van der Waals surface area contributed by atoms with Gasteiger partial charge in [-0.1, -0.05) is 35.3 Å². The molecule has 0 fully saturated rings. The predicted molar refractivity (Wildman–Crippen MR) is 94.3 cm³/mol. The first-order valence-electron chi connectivity index (χ1n) is 7.22. The second kappa shape index (κ2) is 6.26. The van der Waals surface area contributed by atoms with Crippen molar-refractivity contribution < 1.29 is 9.90 Å². The Morgan fingerprint density at radius 3 is 2.39 bits per heavy atom. The van der Waals surface area contributed by atoms with Crippen molar-refractivity contribution in [2.45, 2.75) is 12.8 Å². The number of nitrogens with zero attached hydrogens (tertiary/aromatic N) is 1. The molecule has 118 valence electrons. The van der Waals surface area contributed by atoms with Gasteiger partial charge in [-0.2, -0.15) is 0 Å². The largest absolute Gasteiger partial charge is 0.481 e. The molecule has 0 aliphatic rings. The molecule has 0 radical (unpaired) electrons. The lowest BCUT2D eigenvalue weighted by atomic mass is 10.0. The fourth-order valence-corrected chi connectivity index (χ4v) is 3.25. The van der Waals surface area contributed by atoms with E-state index in [1.807, 2.05) is 49.5 Å². The highest BCUT2D eigenvalue weighted by Crippen LogP contribution is 2.35. The average Bonchev–Trinajstić information content (AvgIpc) is 2.78. The first kappa shape index (κ1) is 15.9. The van der Waals surface area contributed by atoms with Gasteiger partial charge in [-0.05, 0) is 47.9 Å². The van der Waals surface area contributed by atoms with E-state index < -0.39 is 5.97 Å². The second-order valence-electron chi connectivity index (χ2n) is 5.45. The Balaban J connectivity index is 2.25. The van der Waals surface area contributed by atoms with E-state index in [9.17, 15) is 4.79 Å². The Morgan fingerprint density at radius 1 is 1.09 bits per heavy atom. The lowest BCUT2D eigenvalue weighted by Gasteiger charge is -2.08. The molecule has 0 amide bonds. The zero-order chi connectivity index (χ0) is 16.6. The van der Waals surface area contributed by atoms with Gasteiger partial charge in [0.15, 0.2) is 0 Å². The van der Waals surface area contributed by atoms with Crippen molar-refractivity contribution in [3.05, 3.63) is 58.1 Å². The molecular weight excluding hydrogens is 333 g/mol. The van der Waals surface area contributed by atoms with Gasteiger partial charge < -0.3 is 9.67 Å². The molecule has 0 atom stereocenters. The van der Waals surface area contributed by atoms with Gasteiger partial charge in [0, 0.05) is 34.4 Å². The third kappa shape index (κ3) is 3.07. The summed E-state index contributed by atoms with van der Waals surface area (Å²) in [6.07, 6.45) is 0.525.